The van der Waals surface area contributed by atoms with Gasteiger partial charge in [0.1, 0.15) is 18.1 Å². The number of nitrogens with zero attached hydrogens (tertiary/aromatic N) is 1. The monoisotopic (exact) mass is 513 g/mol. The van der Waals surface area contributed by atoms with Gasteiger partial charge in [0.15, 0.2) is 0 Å². The summed E-state index contributed by atoms with van der Waals surface area (Å²) in [6.45, 7) is 0.200. The number of hydrogen-bond acceptors (Lipinski definition) is 6. The predicted molar refractivity (Wildman–Crippen MR) is 132 cm³/mol. The summed E-state index contributed by atoms with van der Waals surface area (Å²) in [5, 5.41) is 0.350. The fourth-order valence-electron chi connectivity index (χ4n) is 3.11. The first kappa shape index (κ1) is 23.9. The van der Waals surface area contributed by atoms with Gasteiger partial charge in [-0.2, -0.15) is 0 Å². The highest BCUT2D eigenvalue weighted by Gasteiger charge is 2.34. The van der Waals surface area contributed by atoms with Gasteiger partial charge in [-0.05, 0) is 59.8 Å². The number of para-hydroxylation sites is 1. The Morgan fingerprint density at radius 2 is 1.68 bits per heavy atom. The molecule has 0 radical (unpaired) electrons. The first-order valence-electron chi connectivity index (χ1n) is 10.1. The first-order chi connectivity index (χ1) is 16.4. The number of thioether (sulfide) groups is 1. The standard InChI is InChI=1S/C25H17Cl2NO5S/c26-19-9-2-1-8-18(19)24(30)33-17-7-5-6-16(14-17)15-22-23(29)28(25(31)34-22)12-13-32-21-11-4-3-10-20(21)27/h1-11,14-15H,12-13H2/b22-15-. The average Bonchev–Trinajstić information content (AvgIpc) is 3.08. The molecule has 172 valence electrons. The normalized spacial score (nSPS) is 14.5. The summed E-state index contributed by atoms with van der Waals surface area (Å²) >= 11 is 12.9. The van der Waals surface area contributed by atoms with Crippen molar-refractivity contribution in [2.45, 2.75) is 0 Å². The van der Waals surface area contributed by atoms with Crippen molar-refractivity contribution in [3.8, 4) is 11.5 Å². The summed E-state index contributed by atoms with van der Waals surface area (Å²) in [6, 6.07) is 20.2. The van der Waals surface area contributed by atoms with Gasteiger partial charge in [-0.25, -0.2) is 4.79 Å². The lowest BCUT2D eigenvalue weighted by Gasteiger charge is -2.13. The Morgan fingerprint density at radius 3 is 2.44 bits per heavy atom. The fourth-order valence-corrected chi connectivity index (χ4v) is 4.38. The van der Waals surface area contributed by atoms with E-state index in [0.29, 0.717) is 16.3 Å². The molecule has 0 bridgehead atoms. The molecule has 2 amide bonds. The van der Waals surface area contributed by atoms with E-state index in [9.17, 15) is 14.4 Å². The van der Waals surface area contributed by atoms with Gasteiger partial charge in [-0.3, -0.25) is 14.5 Å². The number of benzene rings is 3. The molecular weight excluding hydrogens is 497 g/mol. The van der Waals surface area contributed by atoms with Crippen molar-refractivity contribution in [2.24, 2.45) is 0 Å². The first-order valence-corrected chi connectivity index (χ1v) is 11.7. The average molecular weight is 514 g/mol. The highest BCUT2D eigenvalue weighted by molar-refractivity contribution is 8.18. The summed E-state index contributed by atoms with van der Waals surface area (Å²) in [5.41, 5.74) is 0.844. The second kappa shape index (κ2) is 10.8. The minimum Gasteiger partial charge on any atom is -0.490 e. The van der Waals surface area contributed by atoms with Crippen molar-refractivity contribution >= 4 is 58.2 Å². The Hall–Kier alpha value is -3.26. The maximum atomic E-state index is 12.7. The van der Waals surface area contributed by atoms with Gasteiger partial charge in [0.25, 0.3) is 11.1 Å². The van der Waals surface area contributed by atoms with Crippen LogP contribution in [0, 0.1) is 0 Å². The van der Waals surface area contributed by atoms with Gasteiger partial charge < -0.3 is 9.47 Å². The van der Waals surface area contributed by atoms with Gasteiger partial charge in [0.05, 0.1) is 27.1 Å². The van der Waals surface area contributed by atoms with Crippen LogP contribution in [0.5, 0.6) is 11.5 Å². The molecule has 3 aromatic rings. The Labute approximate surface area is 210 Å². The molecule has 0 aromatic heterocycles. The zero-order valence-electron chi connectivity index (χ0n) is 17.6. The molecule has 0 saturated carbocycles. The third kappa shape index (κ3) is 5.62. The topological polar surface area (TPSA) is 72.9 Å². The van der Waals surface area contributed by atoms with E-state index in [4.69, 9.17) is 32.7 Å². The number of ether oxygens (including phenoxy) is 2. The van der Waals surface area contributed by atoms with E-state index in [1.165, 1.54) is 0 Å². The molecule has 6 nitrogen and oxygen atoms in total. The molecule has 1 aliphatic rings. The molecule has 0 N–H and O–H groups in total. The summed E-state index contributed by atoms with van der Waals surface area (Å²) in [7, 11) is 0. The summed E-state index contributed by atoms with van der Waals surface area (Å²) in [5.74, 6) is -0.251. The van der Waals surface area contributed by atoms with E-state index < -0.39 is 11.9 Å². The Balaban J connectivity index is 1.41. The van der Waals surface area contributed by atoms with Crippen molar-refractivity contribution in [3.63, 3.8) is 0 Å². The third-order valence-corrected chi connectivity index (χ3v) is 6.29. The van der Waals surface area contributed by atoms with Gasteiger partial charge in [-0.15, -0.1) is 0 Å². The Kier molecular flexibility index (Phi) is 7.57. The molecule has 0 atom stereocenters. The zero-order valence-corrected chi connectivity index (χ0v) is 19.9. The molecule has 4 rings (SSSR count). The van der Waals surface area contributed by atoms with Crippen molar-refractivity contribution in [1.29, 1.82) is 0 Å². The third-order valence-electron chi connectivity index (χ3n) is 4.74. The Morgan fingerprint density at radius 1 is 0.941 bits per heavy atom. The number of hydrogen-bond donors (Lipinski definition) is 0. The van der Waals surface area contributed by atoms with Crippen LogP contribution in [0.4, 0.5) is 4.79 Å². The van der Waals surface area contributed by atoms with Crippen molar-refractivity contribution < 1.29 is 23.9 Å². The lowest BCUT2D eigenvalue weighted by molar-refractivity contribution is -0.123. The molecular formula is C25H17Cl2NO5S. The van der Waals surface area contributed by atoms with E-state index in [0.717, 1.165) is 16.7 Å². The van der Waals surface area contributed by atoms with Crippen LogP contribution in [0.3, 0.4) is 0 Å². The van der Waals surface area contributed by atoms with Crippen LogP contribution in [0.2, 0.25) is 10.0 Å². The maximum absolute atomic E-state index is 12.7. The number of imide groups is 1. The van der Waals surface area contributed by atoms with Crippen molar-refractivity contribution in [2.75, 3.05) is 13.2 Å². The smallest absolute Gasteiger partial charge is 0.345 e. The van der Waals surface area contributed by atoms with Crippen LogP contribution in [0.25, 0.3) is 6.08 Å². The summed E-state index contributed by atoms with van der Waals surface area (Å²) < 4.78 is 11.0. The molecule has 3 aromatic carbocycles. The second-order valence-corrected chi connectivity index (χ2v) is 8.86. The maximum Gasteiger partial charge on any atom is 0.345 e. The van der Waals surface area contributed by atoms with Crippen molar-refractivity contribution in [3.05, 3.63) is 98.9 Å². The molecule has 1 saturated heterocycles. The molecule has 0 aliphatic carbocycles. The van der Waals surface area contributed by atoms with E-state index in [1.54, 1.807) is 78.9 Å². The van der Waals surface area contributed by atoms with Gasteiger partial charge in [-0.1, -0.05) is 59.6 Å². The van der Waals surface area contributed by atoms with Gasteiger partial charge in [0.2, 0.25) is 0 Å². The van der Waals surface area contributed by atoms with Gasteiger partial charge in [0, 0.05) is 0 Å². The van der Waals surface area contributed by atoms with Crippen LogP contribution in [0.1, 0.15) is 15.9 Å². The number of halogens is 2. The molecule has 0 unspecified atom stereocenters. The summed E-state index contributed by atoms with van der Waals surface area (Å²) in [4.78, 5) is 38.9. The van der Waals surface area contributed by atoms with Gasteiger partial charge >= 0.3 is 5.97 Å². The second-order valence-electron chi connectivity index (χ2n) is 7.05. The van der Waals surface area contributed by atoms with E-state index >= 15 is 0 Å². The minimum absolute atomic E-state index is 0.0860. The van der Waals surface area contributed by atoms with Crippen LogP contribution in [-0.4, -0.2) is 35.2 Å². The van der Waals surface area contributed by atoms with Crippen LogP contribution < -0.4 is 9.47 Å². The molecule has 1 aliphatic heterocycles. The number of esters is 1. The SMILES string of the molecule is O=C(Oc1cccc(/C=C2\SC(=O)N(CCOc3ccccc3Cl)C2=O)c1)c1ccccc1Cl. The minimum atomic E-state index is -0.596. The van der Waals surface area contributed by atoms with E-state index in [1.807, 2.05) is 0 Å². The highest BCUT2D eigenvalue weighted by Crippen LogP contribution is 2.33. The highest BCUT2D eigenvalue weighted by atomic mass is 35.5. The summed E-state index contributed by atoms with van der Waals surface area (Å²) in [6.07, 6.45) is 1.58. The lowest BCUT2D eigenvalue weighted by Crippen LogP contribution is -2.32. The van der Waals surface area contributed by atoms with Crippen LogP contribution in [-0.2, 0) is 4.79 Å². The quantitative estimate of drug-likeness (QED) is 0.209. The number of amides is 2. The van der Waals surface area contributed by atoms with E-state index in [2.05, 4.69) is 0 Å². The van der Waals surface area contributed by atoms with E-state index in [-0.39, 0.29) is 39.6 Å². The molecule has 1 heterocycles. The zero-order chi connectivity index (χ0) is 24.1. The van der Waals surface area contributed by atoms with Crippen LogP contribution in [0.15, 0.2) is 77.7 Å². The lowest BCUT2D eigenvalue weighted by atomic mass is 10.2. The molecule has 34 heavy (non-hydrogen) atoms. The predicted octanol–water partition coefficient (Wildman–Crippen LogP) is 6.33. The molecule has 1 fully saturated rings. The largest absolute Gasteiger partial charge is 0.490 e. The number of carbonyl (C=O) groups excluding carboxylic acids is 3. The molecule has 0 spiro atoms. The fraction of sp³-hybridized carbons (Fsp3) is 0.0800. The number of rotatable bonds is 7. The number of carbonyl (C=O) groups is 3. The van der Waals surface area contributed by atoms with Crippen LogP contribution >= 0.6 is 35.0 Å². The Bertz CT molecular complexity index is 1290. The van der Waals surface area contributed by atoms with Crippen molar-refractivity contribution in [1.82, 2.24) is 4.90 Å². The molecule has 9 heteroatoms.